The second kappa shape index (κ2) is 7.86. The van der Waals surface area contributed by atoms with Crippen LogP contribution in [0.25, 0.3) is 5.69 Å². The monoisotopic (exact) mass is 415 g/mol. The highest BCUT2D eigenvalue weighted by Gasteiger charge is 2.27. The number of methoxy groups -OCH3 is 1. The molecule has 6 nitrogen and oxygen atoms in total. The van der Waals surface area contributed by atoms with E-state index in [-0.39, 0.29) is 21.9 Å². The minimum absolute atomic E-state index is 0.0952. The molecule has 3 rings (SSSR count). The van der Waals surface area contributed by atoms with Crippen LogP contribution in [0.1, 0.15) is 12.8 Å². The van der Waals surface area contributed by atoms with Crippen molar-refractivity contribution in [3.8, 4) is 5.69 Å². The molecule has 0 unspecified atom stereocenters. The first-order valence-corrected chi connectivity index (χ1v) is 9.11. The Hall–Kier alpha value is -1.76. The lowest BCUT2D eigenvalue weighted by Gasteiger charge is -2.33. The summed E-state index contributed by atoms with van der Waals surface area (Å²) in [6, 6.07) is 5.16. The molecule has 1 aromatic carbocycles. The highest BCUT2D eigenvalue weighted by molar-refractivity contribution is 6.41. The van der Waals surface area contributed by atoms with Crippen molar-refractivity contribution in [2.24, 2.45) is 5.92 Å². The summed E-state index contributed by atoms with van der Waals surface area (Å²) in [5, 5.41) is 4.44. The Morgan fingerprint density at radius 2 is 2.04 bits per heavy atom. The molecule has 2 aromatic rings. The lowest BCUT2D eigenvalue weighted by molar-refractivity contribution is -0.145. The molecule has 1 fully saturated rings. The topological polar surface area (TPSA) is 64.4 Å². The number of carbonyl (C=O) groups excluding carboxylic acids is 1. The first kappa shape index (κ1) is 19.0. The summed E-state index contributed by atoms with van der Waals surface area (Å²) in [5.74, 6) is -0.391. The molecule has 0 spiro atoms. The molecule has 0 N–H and O–H groups in total. The van der Waals surface area contributed by atoms with Crippen LogP contribution in [0.4, 0.5) is 5.69 Å². The molecule has 0 aliphatic carbocycles. The third-order valence-electron chi connectivity index (χ3n) is 4.35. The van der Waals surface area contributed by atoms with Crippen LogP contribution in [0.2, 0.25) is 15.1 Å². The smallest absolute Gasteiger partial charge is 0.310 e. The zero-order valence-corrected chi connectivity index (χ0v) is 16.2. The molecule has 2 heterocycles. The number of piperidine rings is 1. The highest BCUT2D eigenvalue weighted by atomic mass is 35.5. The van der Waals surface area contributed by atoms with Gasteiger partial charge in [-0.2, -0.15) is 9.78 Å². The highest BCUT2D eigenvalue weighted by Crippen LogP contribution is 2.31. The van der Waals surface area contributed by atoms with E-state index in [2.05, 4.69) is 5.10 Å². The largest absolute Gasteiger partial charge is 0.469 e. The maximum atomic E-state index is 12.2. The second-order valence-electron chi connectivity index (χ2n) is 5.97. The summed E-state index contributed by atoms with van der Waals surface area (Å²) >= 11 is 18.1. The molecule has 1 saturated heterocycles. The number of carbonyl (C=O) groups is 1. The Bertz CT molecular complexity index is 901. The molecule has 138 valence electrons. The summed E-state index contributed by atoms with van der Waals surface area (Å²) in [7, 11) is 1.39. The number of ether oxygens (including phenoxy) is 1. The number of hydrogen-bond donors (Lipinski definition) is 0. The number of aromatic nitrogens is 2. The third-order valence-corrected chi connectivity index (χ3v) is 5.40. The van der Waals surface area contributed by atoms with E-state index in [1.165, 1.54) is 13.3 Å². The van der Waals surface area contributed by atoms with E-state index in [1.54, 1.807) is 18.2 Å². The van der Waals surface area contributed by atoms with Gasteiger partial charge in [-0.1, -0.05) is 34.8 Å². The van der Waals surface area contributed by atoms with Gasteiger partial charge in [0.15, 0.2) is 0 Å². The van der Waals surface area contributed by atoms with Crippen LogP contribution in [-0.4, -0.2) is 35.9 Å². The van der Waals surface area contributed by atoms with E-state index in [4.69, 9.17) is 39.5 Å². The summed E-state index contributed by atoms with van der Waals surface area (Å²) < 4.78 is 5.98. The molecule has 0 saturated carbocycles. The molecule has 0 amide bonds. The van der Waals surface area contributed by atoms with Crippen LogP contribution >= 0.6 is 34.8 Å². The Kier molecular flexibility index (Phi) is 5.75. The van der Waals surface area contributed by atoms with Gasteiger partial charge in [-0.3, -0.25) is 9.59 Å². The summed E-state index contributed by atoms with van der Waals surface area (Å²) in [4.78, 5) is 26.1. The fraction of sp³-hybridized carbons (Fsp3) is 0.353. The number of hydrogen-bond acceptors (Lipinski definition) is 5. The van der Waals surface area contributed by atoms with Crippen molar-refractivity contribution < 1.29 is 9.53 Å². The maximum Gasteiger partial charge on any atom is 0.310 e. The SMILES string of the molecule is COC(=O)[C@H]1CCCN(c2ccc(-n3ncc(Cl)c(Cl)c3=O)cc2Cl)C1. The van der Waals surface area contributed by atoms with Crippen LogP contribution in [0, 0.1) is 5.92 Å². The van der Waals surface area contributed by atoms with E-state index < -0.39 is 5.56 Å². The number of rotatable bonds is 3. The van der Waals surface area contributed by atoms with Gasteiger partial charge in [-0.15, -0.1) is 0 Å². The standard InChI is InChI=1S/C17H16Cl3N3O3/c1-26-17(25)10-3-2-6-22(9-10)14-5-4-11(7-12(14)18)23-16(24)15(20)13(19)8-21-23/h4-5,7-8,10H,2-3,6,9H2,1H3/t10-/m0/s1. The third kappa shape index (κ3) is 3.68. The van der Waals surface area contributed by atoms with E-state index >= 15 is 0 Å². The molecule has 1 aliphatic rings. The molecule has 9 heteroatoms. The zero-order valence-electron chi connectivity index (χ0n) is 13.9. The number of benzene rings is 1. The van der Waals surface area contributed by atoms with Gasteiger partial charge in [-0.05, 0) is 31.0 Å². The van der Waals surface area contributed by atoms with Crippen LogP contribution in [0.15, 0.2) is 29.2 Å². The van der Waals surface area contributed by atoms with E-state index in [0.717, 1.165) is 29.8 Å². The fourth-order valence-corrected chi connectivity index (χ4v) is 3.58. The molecule has 1 atom stereocenters. The lowest BCUT2D eigenvalue weighted by atomic mass is 9.97. The van der Waals surface area contributed by atoms with E-state index in [1.807, 2.05) is 4.90 Å². The van der Waals surface area contributed by atoms with Gasteiger partial charge < -0.3 is 9.64 Å². The van der Waals surface area contributed by atoms with Crippen molar-refractivity contribution in [2.45, 2.75) is 12.8 Å². The average molecular weight is 417 g/mol. The molecule has 0 bridgehead atoms. The lowest BCUT2D eigenvalue weighted by Crippen LogP contribution is -2.39. The first-order valence-electron chi connectivity index (χ1n) is 7.98. The molecule has 1 aromatic heterocycles. The predicted molar refractivity (Wildman–Crippen MR) is 102 cm³/mol. The Balaban J connectivity index is 1.90. The number of halogens is 3. The number of nitrogens with zero attached hydrogens (tertiary/aromatic N) is 3. The van der Waals surface area contributed by atoms with Crippen LogP contribution in [0.3, 0.4) is 0 Å². The van der Waals surface area contributed by atoms with Crippen LogP contribution < -0.4 is 10.5 Å². The second-order valence-corrected chi connectivity index (χ2v) is 7.16. The summed E-state index contributed by atoms with van der Waals surface area (Å²) in [5.41, 5.74) is 0.743. The van der Waals surface area contributed by atoms with Gasteiger partial charge in [0.2, 0.25) is 0 Å². The normalized spacial score (nSPS) is 17.2. The van der Waals surface area contributed by atoms with Crippen molar-refractivity contribution in [2.75, 3.05) is 25.1 Å². The van der Waals surface area contributed by atoms with Crippen molar-refractivity contribution in [3.05, 3.63) is 49.8 Å². The Morgan fingerprint density at radius 1 is 1.27 bits per heavy atom. The van der Waals surface area contributed by atoms with Crippen molar-refractivity contribution in [3.63, 3.8) is 0 Å². The van der Waals surface area contributed by atoms with Crippen LogP contribution in [0.5, 0.6) is 0 Å². The zero-order chi connectivity index (χ0) is 18.8. The summed E-state index contributed by atoms with van der Waals surface area (Å²) in [6.07, 6.45) is 2.96. The summed E-state index contributed by atoms with van der Waals surface area (Å²) in [6.45, 7) is 1.33. The molecule has 26 heavy (non-hydrogen) atoms. The Labute approximate surface area is 165 Å². The van der Waals surface area contributed by atoms with Gasteiger partial charge >= 0.3 is 5.97 Å². The van der Waals surface area contributed by atoms with Crippen molar-refractivity contribution in [1.29, 1.82) is 0 Å². The van der Waals surface area contributed by atoms with Crippen molar-refractivity contribution in [1.82, 2.24) is 9.78 Å². The number of esters is 1. The van der Waals surface area contributed by atoms with E-state index in [9.17, 15) is 9.59 Å². The predicted octanol–water partition coefficient (Wildman–Crippen LogP) is 3.58. The van der Waals surface area contributed by atoms with Crippen LogP contribution in [-0.2, 0) is 9.53 Å². The molecule has 0 radical (unpaired) electrons. The molecule has 1 aliphatic heterocycles. The van der Waals surface area contributed by atoms with E-state index in [0.29, 0.717) is 17.3 Å². The van der Waals surface area contributed by atoms with Crippen molar-refractivity contribution >= 4 is 46.5 Å². The minimum Gasteiger partial charge on any atom is -0.469 e. The van der Waals surface area contributed by atoms with Gasteiger partial charge in [-0.25, -0.2) is 0 Å². The fourth-order valence-electron chi connectivity index (χ4n) is 3.04. The van der Waals surface area contributed by atoms with Gasteiger partial charge in [0.25, 0.3) is 5.56 Å². The maximum absolute atomic E-state index is 12.2. The van der Waals surface area contributed by atoms with Gasteiger partial charge in [0, 0.05) is 13.1 Å². The molecular formula is C17H16Cl3N3O3. The van der Waals surface area contributed by atoms with Gasteiger partial charge in [0.1, 0.15) is 5.02 Å². The minimum atomic E-state index is -0.522. The van der Waals surface area contributed by atoms with Gasteiger partial charge in [0.05, 0.1) is 40.6 Å². The Morgan fingerprint density at radius 3 is 2.73 bits per heavy atom. The number of anilines is 1. The first-order chi connectivity index (χ1) is 12.4. The average Bonchev–Trinajstić information content (AvgIpc) is 2.65. The quantitative estimate of drug-likeness (QED) is 0.716. The molecular weight excluding hydrogens is 401 g/mol.